The minimum absolute atomic E-state index is 0.154. The van der Waals surface area contributed by atoms with Crippen molar-refractivity contribution in [2.75, 3.05) is 25.0 Å². The van der Waals surface area contributed by atoms with Crippen molar-refractivity contribution in [1.29, 1.82) is 0 Å². The van der Waals surface area contributed by atoms with Crippen molar-refractivity contribution in [3.05, 3.63) is 29.8 Å². The van der Waals surface area contributed by atoms with E-state index >= 15 is 0 Å². The molecule has 0 bridgehead atoms. The number of rotatable bonds is 4. The van der Waals surface area contributed by atoms with Crippen molar-refractivity contribution >= 4 is 17.7 Å². The Labute approximate surface area is 131 Å². The minimum Gasteiger partial charge on any atom is -0.466 e. The number of ether oxygens (including phenoxy) is 1. The van der Waals surface area contributed by atoms with Crippen LogP contribution in [0.2, 0.25) is 0 Å². The Kier molecular flexibility index (Phi) is 5.81. The molecule has 2 amide bonds. The van der Waals surface area contributed by atoms with Crippen molar-refractivity contribution in [1.82, 2.24) is 4.90 Å². The molecule has 1 N–H and O–H groups in total. The molecule has 2 rings (SSSR count). The van der Waals surface area contributed by atoms with Gasteiger partial charge in [0.1, 0.15) is 0 Å². The van der Waals surface area contributed by atoms with Crippen molar-refractivity contribution in [3.8, 4) is 0 Å². The van der Waals surface area contributed by atoms with Gasteiger partial charge in [0, 0.05) is 18.8 Å². The van der Waals surface area contributed by atoms with E-state index in [0.29, 0.717) is 19.7 Å². The highest BCUT2D eigenvalue weighted by molar-refractivity contribution is 5.89. The van der Waals surface area contributed by atoms with Gasteiger partial charge in [-0.25, -0.2) is 4.79 Å². The summed E-state index contributed by atoms with van der Waals surface area (Å²) in [6.07, 6.45) is 2.58. The number of piperidine rings is 1. The normalized spacial score (nSPS) is 17.9. The van der Waals surface area contributed by atoms with E-state index in [1.54, 1.807) is 11.8 Å². The van der Waals surface area contributed by atoms with Gasteiger partial charge < -0.3 is 15.0 Å². The first kappa shape index (κ1) is 16.3. The van der Waals surface area contributed by atoms with Crippen molar-refractivity contribution in [2.24, 2.45) is 5.92 Å². The van der Waals surface area contributed by atoms with Gasteiger partial charge in [-0.3, -0.25) is 4.79 Å². The highest BCUT2D eigenvalue weighted by Gasteiger charge is 2.29. The first-order valence-electron chi connectivity index (χ1n) is 7.95. The maximum atomic E-state index is 12.3. The fourth-order valence-corrected chi connectivity index (χ4v) is 2.64. The van der Waals surface area contributed by atoms with E-state index in [0.717, 1.165) is 24.9 Å². The van der Waals surface area contributed by atoms with Crippen LogP contribution in [0.5, 0.6) is 0 Å². The number of carbonyl (C=O) groups is 2. The maximum Gasteiger partial charge on any atom is 0.321 e. The number of hydrogen-bond acceptors (Lipinski definition) is 3. The van der Waals surface area contributed by atoms with E-state index in [2.05, 4.69) is 12.2 Å². The van der Waals surface area contributed by atoms with Crippen LogP contribution in [0.25, 0.3) is 0 Å². The summed E-state index contributed by atoms with van der Waals surface area (Å²) >= 11 is 0. The molecule has 0 saturated carbocycles. The number of nitrogens with zero attached hydrogens (tertiary/aromatic N) is 1. The Hall–Kier alpha value is -2.04. The number of aryl methyl sites for hydroxylation is 1. The number of anilines is 1. The topological polar surface area (TPSA) is 58.6 Å². The lowest BCUT2D eigenvalue weighted by Gasteiger charge is -2.31. The van der Waals surface area contributed by atoms with Crippen LogP contribution in [0.15, 0.2) is 24.3 Å². The van der Waals surface area contributed by atoms with Crippen LogP contribution in [0.4, 0.5) is 10.5 Å². The van der Waals surface area contributed by atoms with E-state index in [1.807, 2.05) is 24.3 Å². The molecule has 1 aromatic rings. The summed E-state index contributed by atoms with van der Waals surface area (Å²) in [5, 5.41) is 2.89. The lowest BCUT2D eigenvalue weighted by atomic mass is 9.98. The molecular weight excluding hydrogens is 280 g/mol. The molecule has 1 saturated heterocycles. The molecule has 1 atom stereocenters. The molecule has 1 fully saturated rings. The van der Waals surface area contributed by atoms with Crippen LogP contribution >= 0.6 is 0 Å². The zero-order valence-electron chi connectivity index (χ0n) is 13.3. The second kappa shape index (κ2) is 7.82. The van der Waals surface area contributed by atoms with Crippen LogP contribution in [-0.2, 0) is 16.0 Å². The molecule has 120 valence electrons. The van der Waals surface area contributed by atoms with Crippen LogP contribution in [0.3, 0.4) is 0 Å². The monoisotopic (exact) mass is 304 g/mol. The van der Waals surface area contributed by atoms with Gasteiger partial charge in [-0.1, -0.05) is 19.1 Å². The molecule has 0 unspecified atom stereocenters. The van der Waals surface area contributed by atoms with E-state index in [9.17, 15) is 9.59 Å². The molecule has 0 aromatic heterocycles. The van der Waals surface area contributed by atoms with Gasteiger partial charge >= 0.3 is 12.0 Å². The number of amides is 2. The van der Waals surface area contributed by atoms with Crippen molar-refractivity contribution in [2.45, 2.75) is 33.1 Å². The zero-order valence-corrected chi connectivity index (χ0v) is 13.3. The quantitative estimate of drug-likeness (QED) is 0.870. The Morgan fingerprint density at radius 2 is 2.00 bits per heavy atom. The maximum absolute atomic E-state index is 12.3. The Balaban J connectivity index is 1.92. The summed E-state index contributed by atoms with van der Waals surface area (Å²) in [7, 11) is 0. The Morgan fingerprint density at radius 3 is 2.64 bits per heavy atom. The first-order valence-corrected chi connectivity index (χ1v) is 7.95. The Bertz CT molecular complexity index is 513. The van der Waals surface area contributed by atoms with Gasteiger partial charge in [-0.2, -0.15) is 0 Å². The van der Waals surface area contributed by atoms with Crippen LogP contribution < -0.4 is 5.32 Å². The number of urea groups is 1. The molecule has 0 aliphatic carbocycles. The van der Waals surface area contributed by atoms with Gasteiger partial charge in [-0.05, 0) is 43.9 Å². The lowest BCUT2D eigenvalue weighted by molar-refractivity contribution is -0.149. The second-order valence-corrected chi connectivity index (χ2v) is 5.52. The van der Waals surface area contributed by atoms with Crippen LogP contribution in [0, 0.1) is 5.92 Å². The third kappa shape index (κ3) is 4.23. The number of hydrogen-bond donors (Lipinski definition) is 1. The predicted octanol–water partition coefficient (Wildman–Crippen LogP) is 3.06. The zero-order chi connectivity index (χ0) is 15.9. The molecular formula is C17H24N2O3. The van der Waals surface area contributed by atoms with Crippen molar-refractivity contribution in [3.63, 3.8) is 0 Å². The lowest BCUT2D eigenvalue weighted by Crippen LogP contribution is -2.44. The van der Waals surface area contributed by atoms with Gasteiger partial charge in [0.25, 0.3) is 0 Å². The fourth-order valence-electron chi connectivity index (χ4n) is 2.64. The van der Waals surface area contributed by atoms with E-state index < -0.39 is 0 Å². The SMILES string of the molecule is CCOC(=O)[C@H]1CCCN(C(=O)Nc2ccc(CC)cc2)C1. The average molecular weight is 304 g/mol. The molecule has 1 aromatic carbocycles. The molecule has 0 radical (unpaired) electrons. The fraction of sp³-hybridized carbons (Fsp3) is 0.529. The number of esters is 1. The van der Waals surface area contributed by atoms with Crippen molar-refractivity contribution < 1.29 is 14.3 Å². The largest absolute Gasteiger partial charge is 0.466 e. The summed E-state index contributed by atoms with van der Waals surface area (Å²) in [6, 6.07) is 7.67. The van der Waals surface area contributed by atoms with E-state index in [4.69, 9.17) is 4.74 Å². The van der Waals surface area contributed by atoms with Gasteiger partial charge in [0.05, 0.1) is 12.5 Å². The average Bonchev–Trinajstić information content (AvgIpc) is 2.56. The molecule has 5 heteroatoms. The molecule has 1 heterocycles. The summed E-state index contributed by atoms with van der Waals surface area (Å²) < 4.78 is 5.06. The smallest absolute Gasteiger partial charge is 0.321 e. The third-order valence-corrected chi connectivity index (χ3v) is 3.94. The van der Waals surface area contributed by atoms with E-state index in [-0.39, 0.29) is 17.9 Å². The van der Waals surface area contributed by atoms with Crippen LogP contribution in [0.1, 0.15) is 32.3 Å². The molecule has 5 nitrogen and oxygen atoms in total. The predicted molar refractivity (Wildman–Crippen MR) is 85.8 cm³/mol. The standard InChI is InChI=1S/C17H24N2O3/c1-3-13-7-9-15(10-8-13)18-17(21)19-11-5-6-14(12-19)16(20)22-4-2/h7-10,14H,3-6,11-12H2,1-2H3,(H,18,21)/t14-/m0/s1. The summed E-state index contributed by atoms with van der Waals surface area (Å²) in [6.45, 7) is 5.37. The highest BCUT2D eigenvalue weighted by Crippen LogP contribution is 2.19. The molecule has 22 heavy (non-hydrogen) atoms. The second-order valence-electron chi connectivity index (χ2n) is 5.52. The summed E-state index contributed by atoms with van der Waals surface area (Å²) in [4.78, 5) is 25.8. The van der Waals surface area contributed by atoms with Gasteiger partial charge in [-0.15, -0.1) is 0 Å². The highest BCUT2D eigenvalue weighted by atomic mass is 16.5. The van der Waals surface area contributed by atoms with E-state index in [1.165, 1.54) is 5.56 Å². The number of carbonyl (C=O) groups excluding carboxylic acids is 2. The van der Waals surface area contributed by atoms with Gasteiger partial charge in [0.15, 0.2) is 0 Å². The molecule has 1 aliphatic rings. The van der Waals surface area contributed by atoms with Crippen LogP contribution in [-0.4, -0.2) is 36.6 Å². The number of nitrogens with one attached hydrogen (secondary N) is 1. The van der Waals surface area contributed by atoms with Gasteiger partial charge in [0.2, 0.25) is 0 Å². The molecule has 1 aliphatic heterocycles. The third-order valence-electron chi connectivity index (χ3n) is 3.94. The summed E-state index contributed by atoms with van der Waals surface area (Å²) in [5.41, 5.74) is 2.01. The Morgan fingerprint density at radius 1 is 1.27 bits per heavy atom. The first-order chi connectivity index (χ1) is 10.6. The molecule has 0 spiro atoms. The number of likely N-dealkylation sites (tertiary alicyclic amines) is 1. The number of benzene rings is 1. The summed E-state index contributed by atoms with van der Waals surface area (Å²) in [5.74, 6) is -0.408. The minimum atomic E-state index is -0.207.